The van der Waals surface area contributed by atoms with E-state index in [4.69, 9.17) is 69.6 Å². The van der Waals surface area contributed by atoms with E-state index < -0.39 is 33.1 Å². The highest BCUT2D eigenvalue weighted by Crippen LogP contribution is 2.65. The zero-order chi connectivity index (χ0) is 22.4. The SMILES string of the molecule is CC(F)(Cl)C(=O)Nc1cc(NC(=O)C2C(c3cc(Cl)cc(Cl)c3)C2(Cl)Cl)ccc1Cl. The monoisotopic (exact) mass is 530 g/mol. The molecule has 3 rings (SSSR count). The van der Waals surface area contributed by atoms with Gasteiger partial charge in [-0.25, -0.2) is 4.39 Å². The second-order valence-corrected chi connectivity index (χ2v) is 10.3. The first kappa shape index (κ1) is 23.7. The summed E-state index contributed by atoms with van der Waals surface area (Å²) in [7, 11) is 0. The van der Waals surface area contributed by atoms with Crippen molar-refractivity contribution in [1.82, 2.24) is 0 Å². The molecule has 0 heterocycles. The van der Waals surface area contributed by atoms with Crippen molar-refractivity contribution >= 4 is 92.8 Å². The van der Waals surface area contributed by atoms with Gasteiger partial charge in [0.1, 0.15) is 4.33 Å². The normalized spacial score (nSPS) is 21.5. The van der Waals surface area contributed by atoms with E-state index in [1.807, 2.05) is 0 Å². The maximum Gasteiger partial charge on any atom is 0.277 e. The molecule has 1 fully saturated rings. The second kappa shape index (κ2) is 8.53. The fraction of sp³-hybridized carbons (Fsp3) is 0.263. The van der Waals surface area contributed by atoms with Gasteiger partial charge in [0, 0.05) is 21.7 Å². The lowest BCUT2D eigenvalue weighted by Crippen LogP contribution is -2.30. The molecule has 0 spiro atoms. The van der Waals surface area contributed by atoms with Crippen LogP contribution < -0.4 is 10.6 Å². The first-order chi connectivity index (χ1) is 13.8. The van der Waals surface area contributed by atoms with Crippen molar-refractivity contribution in [3.05, 3.63) is 57.0 Å². The molecule has 2 amide bonds. The Morgan fingerprint density at radius 2 is 1.63 bits per heavy atom. The van der Waals surface area contributed by atoms with Gasteiger partial charge in [-0.15, -0.1) is 23.2 Å². The predicted octanol–water partition coefficient (Wildman–Crippen LogP) is 7.04. The highest BCUT2D eigenvalue weighted by molar-refractivity contribution is 6.53. The minimum atomic E-state index is -2.63. The van der Waals surface area contributed by atoms with Crippen LogP contribution in [-0.4, -0.2) is 21.3 Å². The average Bonchev–Trinajstić information content (AvgIpc) is 3.18. The van der Waals surface area contributed by atoms with Crippen molar-refractivity contribution in [2.75, 3.05) is 10.6 Å². The van der Waals surface area contributed by atoms with Crippen LogP contribution in [-0.2, 0) is 9.59 Å². The maximum absolute atomic E-state index is 13.6. The molecule has 3 atom stereocenters. The summed E-state index contributed by atoms with van der Waals surface area (Å²) in [6, 6.07) is 9.12. The topological polar surface area (TPSA) is 58.2 Å². The fourth-order valence-corrected chi connectivity index (χ4v) is 4.56. The Labute approximate surface area is 201 Å². The molecule has 1 aliphatic rings. The van der Waals surface area contributed by atoms with Crippen molar-refractivity contribution in [3.63, 3.8) is 0 Å². The van der Waals surface area contributed by atoms with Crippen LogP contribution in [0.4, 0.5) is 15.8 Å². The van der Waals surface area contributed by atoms with E-state index in [9.17, 15) is 14.0 Å². The van der Waals surface area contributed by atoms with E-state index in [1.54, 1.807) is 18.2 Å². The zero-order valence-corrected chi connectivity index (χ0v) is 19.6. The van der Waals surface area contributed by atoms with E-state index in [1.165, 1.54) is 18.2 Å². The molecule has 11 heteroatoms. The van der Waals surface area contributed by atoms with E-state index in [-0.39, 0.29) is 16.4 Å². The van der Waals surface area contributed by atoms with Crippen LogP contribution in [0.25, 0.3) is 0 Å². The van der Waals surface area contributed by atoms with Crippen LogP contribution in [0.15, 0.2) is 36.4 Å². The van der Waals surface area contributed by atoms with Gasteiger partial charge in [-0.3, -0.25) is 9.59 Å². The molecule has 160 valence electrons. The molecule has 3 unspecified atom stereocenters. The van der Waals surface area contributed by atoms with Gasteiger partial charge in [0.15, 0.2) is 0 Å². The van der Waals surface area contributed by atoms with Gasteiger partial charge in [0.2, 0.25) is 5.91 Å². The summed E-state index contributed by atoms with van der Waals surface area (Å²) < 4.78 is 12.2. The second-order valence-electron chi connectivity index (χ2n) is 6.86. The summed E-state index contributed by atoms with van der Waals surface area (Å²) in [4.78, 5) is 24.5. The van der Waals surface area contributed by atoms with Crippen LogP contribution >= 0.6 is 69.6 Å². The van der Waals surface area contributed by atoms with Crippen molar-refractivity contribution in [1.29, 1.82) is 0 Å². The van der Waals surface area contributed by atoms with Crippen molar-refractivity contribution in [2.24, 2.45) is 5.92 Å². The number of amides is 2. The Bertz CT molecular complexity index is 1000. The predicted molar refractivity (Wildman–Crippen MR) is 121 cm³/mol. The lowest BCUT2D eigenvalue weighted by Gasteiger charge is -2.14. The average molecular weight is 533 g/mol. The molecular formula is C19H13Cl6FN2O2. The standard InChI is InChI=1S/C19H13Cl6FN2O2/c1-18(23,26)17(30)28-13-7-11(2-3-12(13)22)27-16(29)15-14(19(15,24)25)8-4-9(20)6-10(21)5-8/h2-7,14-15H,1H3,(H,27,29)(H,28,30). The first-order valence-corrected chi connectivity index (χ1v) is 10.7. The van der Waals surface area contributed by atoms with Gasteiger partial charge in [-0.1, -0.05) is 46.4 Å². The molecule has 0 radical (unpaired) electrons. The molecule has 0 aromatic heterocycles. The van der Waals surface area contributed by atoms with E-state index in [2.05, 4.69) is 10.6 Å². The number of hydrogen-bond acceptors (Lipinski definition) is 2. The Balaban J connectivity index is 1.78. The molecule has 1 saturated carbocycles. The van der Waals surface area contributed by atoms with Crippen LogP contribution in [0, 0.1) is 5.92 Å². The van der Waals surface area contributed by atoms with Crippen molar-refractivity contribution in [3.8, 4) is 0 Å². The van der Waals surface area contributed by atoms with E-state index in [0.29, 0.717) is 15.6 Å². The number of benzene rings is 2. The quantitative estimate of drug-likeness (QED) is 0.406. The molecule has 1 aliphatic carbocycles. The first-order valence-electron chi connectivity index (χ1n) is 8.44. The third-order valence-electron chi connectivity index (χ3n) is 4.46. The van der Waals surface area contributed by atoms with Crippen molar-refractivity contribution in [2.45, 2.75) is 22.3 Å². The lowest BCUT2D eigenvalue weighted by molar-refractivity contribution is -0.122. The smallest absolute Gasteiger partial charge is 0.277 e. The largest absolute Gasteiger partial charge is 0.326 e. The summed E-state index contributed by atoms with van der Waals surface area (Å²) in [5.41, 5.74) is 0.987. The number of hydrogen-bond donors (Lipinski definition) is 2. The summed E-state index contributed by atoms with van der Waals surface area (Å²) in [6.45, 7) is 0.888. The number of halogens is 7. The molecule has 0 saturated heterocycles. The highest BCUT2D eigenvalue weighted by Gasteiger charge is 2.67. The summed E-state index contributed by atoms with van der Waals surface area (Å²) >= 11 is 36.1. The number of rotatable bonds is 5. The van der Waals surface area contributed by atoms with Crippen LogP contribution in [0.3, 0.4) is 0 Å². The lowest BCUT2D eigenvalue weighted by atomic mass is 10.1. The Morgan fingerprint density at radius 3 is 2.20 bits per heavy atom. The van der Waals surface area contributed by atoms with Gasteiger partial charge in [-0.2, -0.15) is 0 Å². The summed E-state index contributed by atoms with van der Waals surface area (Å²) in [5.74, 6) is -2.86. The minimum Gasteiger partial charge on any atom is -0.326 e. The highest BCUT2D eigenvalue weighted by atomic mass is 35.5. The van der Waals surface area contributed by atoms with Crippen LogP contribution in [0.1, 0.15) is 18.4 Å². The van der Waals surface area contributed by atoms with Gasteiger partial charge < -0.3 is 10.6 Å². The molecule has 0 aliphatic heterocycles. The zero-order valence-electron chi connectivity index (χ0n) is 15.1. The third kappa shape index (κ3) is 5.09. The van der Waals surface area contributed by atoms with E-state index >= 15 is 0 Å². The Hall–Kier alpha value is -0.950. The fourth-order valence-electron chi connectivity index (χ4n) is 2.97. The number of carbonyl (C=O) groups excluding carboxylic acids is 2. The van der Waals surface area contributed by atoms with Gasteiger partial charge >= 0.3 is 0 Å². The molecule has 2 aromatic rings. The summed E-state index contributed by atoms with van der Waals surface area (Å²) in [6.07, 6.45) is 0. The molecule has 4 nitrogen and oxygen atoms in total. The molecular weight excluding hydrogens is 520 g/mol. The van der Waals surface area contributed by atoms with Crippen LogP contribution in [0.2, 0.25) is 15.1 Å². The van der Waals surface area contributed by atoms with Gasteiger partial charge in [0.05, 0.1) is 16.6 Å². The number of anilines is 2. The number of carbonyl (C=O) groups is 2. The van der Waals surface area contributed by atoms with Gasteiger partial charge in [-0.05, 0) is 48.9 Å². The maximum atomic E-state index is 13.6. The molecule has 30 heavy (non-hydrogen) atoms. The Kier molecular flexibility index (Phi) is 6.74. The minimum absolute atomic E-state index is 0.0703. The van der Waals surface area contributed by atoms with Gasteiger partial charge in [0.25, 0.3) is 11.0 Å². The molecule has 0 bridgehead atoms. The third-order valence-corrected chi connectivity index (χ3v) is 6.34. The number of alkyl halides is 4. The molecule has 2 aromatic carbocycles. The summed E-state index contributed by atoms with van der Waals surface area (Å²) in [5, 5.41) is 3.21. The van der Waals surface area contributed by atoms with Crippen molar-refractivity contribution < 1.29 is 14.0 Å². The molecule has 2 N–H and O–H groups in total. The van der Waals surface area contributed by atoms with E-state index in [0.717, 1.165) is 6.92 Å². The Morgan fingerprint density at radius 1 is 1.03 bits per heavy atom. The number of nitrogens with one attached hydrogen (secondary N) is 2. The van der Waals surface area contributed by atoms with Crippen LogP contribution in [0.5, 0.6) is 0 Å².